The van der Waals surface area contributed by atoms with Crippen molar-refractivity contribution >= 4 is 5.91 Å². The van der Waals surface area contributed by atoms with Crippen LogP contribution >= 0.6 is 0 Å². The maximum Gasteiger partial charge on any atom is 0.259 e. The Labute approximate surface area is 135 Å². The van der Waals surface area contributed by atoms with Gasteiger partial charge in [-0.05, 0) is 38.8 Å². The molecule has 3 rings (SSSR count). The van der Waals surface area contributed by atoms with Crippen LogP contribution in [-0.2, 0) is 0 Å². The van der Waals surface area contributed by atoms with Crippen molar-refractivity contribution in [2.45, 2.75) is 32.7 Å². The SMILES string of the molecule is CCOc1ncccc1C(=O)N1CCC[C@@H]1c1cncc(C)n1. The lowest BCUT2D eigenvalue weighted by atomic mass is 10.1. The fourth-order valence-electron chi connectivity index (χ4n) is 2.92. The molecule has 0 aliphatic carbocycles. The first-order valence-electron chi connectivity index (χ1n) is 7.88. The number of hydrogen-bond donors (Lipinski definition) is 0. The van der Waals surface area contributed by atoms with E-state index in [0.29, 0.717) is 24.6 Å². The molecule has 0 saturated carbocycles. The number of likely N-dealkylation sites (tertiary alicyclic amines) is 1. The minimum absolute atomic E-state index is 0.0374. The highest BCUT2D eigenvalue weighted by molar-refractivity contribution is 5.96. The molecule has 3 heterocycles. The van der Waals surface area contributed by atoms with Gasteiger partial charge in [0.1, 0.15) is 5.56 Å². The first-order chi connectivity index (χ1) is 11.2. The molecule has 2 aromatic rings. The second-order valence-corrected chi connectivity index (χ2v) is 5.53. The zero-order valence-electron chi connectivity index (χ0n) is 13.4. The minimum atomic E-state index is -0.0626. The maximum atomic E-state index is 13.0. The molecule has 0 spiro atoms. The lowest BCUT2D eigenvalue weighted by Crippen LogP contribution is -2.31. The Balaban J connectivity index is 1.89. The highest BCUT2D eigenvalue weighted by Gasteiger charge is 2.33. The van der Waals surface area contributed by atoms with Crippen LogP contribution in [0.2, 0.25) is 0 Å². The van der Waals surface area contributed by atoms with E-state index < -0.39 is 0 Å². The third-order valence-corrected chi connectivity index (χ3v) is 3.91. The molecular weight excluding hydrogens is 292 g/mol. The Morgan fingerprint density at radius 3 is 3.09 bits per heavy atom. The molecule has 120 valence electrons. The molecule has 23 heavy (non-hydrogen) atoms. The molecule has 1 aliphatic heterocycles. The number of aryl methyl sites for hydroxylation is 1. The molecule has 6 heteroatoms. The van der Waals surface area contributed by atoms with Crippen LogP contribution in [0.1, 0.15) is 47.6 Å². The smallest absolute Gasteiger partial charge is 0.259 e. The van der Waals surface area contributed by atoms with E-state index in [1.165, 1.54) is 0 Å². The summed E-state index contributed by atoms with van der Waals surface area (Å²) in [5.41, 5.74) is 2.21. The quantitative estimate of drug-likeness (QED) is 0.868. The van der Waals surface area contributed by atoms with Crippen LogP contribution in [-0.4, -0.2) is 38.9 Å². The van der Waals surface area contributed by atoms with Gasteiger partial charge < -0.3 is 9.64 Å². The number of ether oxygens (including phenoxy) is 1. The van der Waals surface area contributed by atoms with Crippen molar-refractivity contribution in [1.82, 2.24) is 19.9 Å². The monoisotopic (exact) mass is 312 g/mol. The summed E-state index contributed by atoms with van der Waals surface area (Å²) < 4.78 is 5.49. The molecule has 1 amide bonds. The summed E-state index contributed by atoms with van der Waals surface area (Å²) in [4.78, 5) is 27.7. The fraction of sp³-hybridized carbons (Fsp3) is 0.412. The van der Waals surface area contributed by atoms with E-state index in [1.807, 2.05) is 18.7 Å². The number of carbonyl (C=O) groups excluding carboxylic acids is 1. The van der Waals surface area contributed by atoms with Crippen LogP contribution in [0.4, 0.5) is 0 Å². The number of pyridine rings is 1. The van der Waals surface area contributed by atoms with Crippen LogP contribution in [0.25, 0.3) is 0 Å². The fourth-order valence-corrected chi connectivity index (χ4v) is 2.92. The van der Waals surface area contributed by atoms with Gasteiger partial charge in [-0.3, -0.25) is 14.8 Å². The van der Waals surface area contributed by atoms with Crippen molar-refractivity contribution in [2.24, 2.45) is 0 Å². The van der Waals surface area contributed by atoms with Gasteiger partial charge in [-0.2, -0.15) is 0 Å². The van der Waals surface area contributed by atoms with Crippen LogP contribution in [0, 0.1) is 6.92 Å². The third kappa shape index (κ3) is 3.16. The summed E-state index contributed by atoms with van der Waals surface area (Å²) in [5, 5.41) is 0. The average molecular weight is 312 g/mol. The van der Waals surface area contributed by atoms with E-state index in [1.54, 1.807) is 30.7 Å². The summed E-state index contributed by atoms with van der Waals surface area (Å²) >= 11 is 0. The van der Waals surface area contributed by atoms with Gasteiger partial charge in [-0.25, -0.2) is 4.98 Å². The lowest BCUT2D eigenvalue weighted by molar-refractivity contribution is 0.0727. The molecule has 0 bridgehead atoms. The first kappa shape index (κ1) is 15.4. The topological polar surface area (TPSA) is 68.2 Å². The summed E-state index contributed by atoms with van der Waals surface area (Å²) in [5.74, 6) is 0.327. The first-order valence-corrected chi connectivity index (χ1v) is 7.88. The number of rotatable bonds is 4. The third-order valence-electron chi connectivity index (χ3n) is 3.91. The van der Waals surface area contributed by atoms with Gasteiger partial charge in [0.15, 0.2) is 0 Å². The van der Waals surface area contributed by atoms with Gasteiger partial charge in [-0.15, -0.1) is 0 Å². The molecule has 0 N–H and O–H groups in total. The molecule has 1 saturated heterocycles. The van der Waals surface area contributed by atoms with Crippen LogP contribution in [0.5, 0.6) is 5.88 Å². The lowest BCUT2D eigenvalue weighted by Gasteiger charge is -2.24. The number of aromatic nitrogens is 3. The Bertz CT molecular complexity index is 704. The van der Waals surface area contributed by atoms with Crippen LogP contribution in [0.15, 0.2) is 30.7 Å². The molecule has 0 radical (unpaired) electrons. The van der Waals surface area contributed by atoms with Gasteiger partial charge in [-0.1, -0.05) is 0 Å². The Kier molecular flexibility index (Phi) is 4.50. The Morgan fingerprint density at radius 1 is 1.43 bits per heavy atom. The van der Waals surface area contributed by atoms with Crippen molar-refractivity contribution in [3.63, 3.8) is 0 Å². The maximum absolute atomic E-state index is 13.0. The molecular formula is C17H20N4O2. The van der Waals surface area contributed by atoms with E-state index in [-0.39, 0.29) is 11.9 Å². The number of amides is 1. The van der Waals surface area contributed by atoms with Crippen molar-refractivity contribution < 1.29 is 9.53 Å². The summed E-state index contributed by atoms with van der Waals surface area (Å²) in [6.07, 6.45) is 6.95. The van der Waals surface area contributed by atoms with Gasteiger partial charge in [0.05, 0.1) is 30.2 Å². The summed E-state index contributed by atoms with van der Waals surface area (Å²) in [7, 11) is 0. The second-order valence-electron chi connectivity index (χ2n) is 5.53. The van der Waals surface area contributed by atoms with Crippen molar-refractivity contribution in [1.29, 1.82) is 0 Å². The van der Waals surface area contributed by atoms with E-state index >= 15 is 0 Å². The van der Waals surface area contributed by atoms with Gasteiger partial charge in [0.25, 0.3) is 5.91 Å². The van der Waals surface area contributed by atoms with Gasteiger partial charge >= 0.3 is 0 Å². The Hall–Kier alpha value is -2.50. The normalized spacial score (nSPS) is 17.3. The second kappa shape index (κ2) is 6.73. The molecule has 6 nitrogen and oxygen atoms in total. The van der Waals surface area contributed by atoms with Crippen LogP contribution < -0.4 is 4.74 Å². The molecule has 0 aromatic carbocycles. The highest BCUT2D eigenvalue weighted by atomic mass is 16.5. The minimum Gasteiger partial charge on any atom is -0.477 e. The molecule has 1 fully saturated rings. The average Bonchev–Trinajstić information content (AvgIpc) is 3.05. The molecule has 1 atom stereocenters. The molecule has 1 aliphatic rings. The molecule has 0 unspecified atom stereocenters. The number of nitrogens with zero attached hydrogens (tertiary/aromatic N) is 4. The zero-order valence-corrected chi connectivity index (χ0v) is 13.4. The van der Waals surface area contributed by atoms with E-state index in [2.05, 4.69) is 15.0 Å². The summed E-state index contributed by atoms with van der Waals surface area (Å²) in [6, 6.07) is 3.48. The van der Waals surface area contributed by atoms with Crippen LogP contribution in [0.3, 0.4) is 0 Å². The number of hydrogen-bond acceptors (Lipinski definition) is 5. The largest absolute Gasteiger partial charge is 0.477 e. The highest BCUT2D eigenvalue weighted by Crippen LogP contribution is 2.33. The van der Waals surface area contributed by atoms with Gasteiger partial charge in [0.2, 0.25) is 5.88 Å². The van der Waals surface area contributed by atoms with Crippen molar-refractivity contribution in [3.8, 4) is 5.88 Å². The predicted octanol–water partition coefficient (Wildman–Crippen LogP) is 2.56. The zero-order chi connectivity index (χ0) is 16.2. The van der Waals surface area contributed by atoms with E-state index in [4.69, 9.17) is 4.74 Å². The predicted molar refractivity (Wildman–Crippen MR) is 85.2 cm³/mol. The summed E-state index contributed by atoms with van der Waals surface area (Å²) in [6.45, 7) is 4.97. The van der Waals surface area contributed by atoms with Crippen molar-refractivity contribution in [3.05, 3.63) is 47.7 Å². The number of carbonyl (C=O) groups is 1. The Morgan fingerprint density at radius 2 is 2.30 bits per heavy atom. The van der Waals surface area contributed by atoms with E-state index in [0.717, 1.165) is 24.2 Å². The van der Waals surface area contributed by atoms with Crippen molar-refractivity contribution in [2.75, 3.05) is 13.2 Å². The van der Waals surface area contributed by atoms with Gasteiger partial charge in [0, 0.05) is 18.9 Å². The molecule has 2 aromatic heterocycles. The standard InChI is InChI=1S/C17H20N4O2/c1-3-23-16-13(6-4-8-19-16)17(22)21-9-5-7-15(21)14-11-18-10-12(2)20-14/h4,6,8,10-11,15H,3,5,7,9H2,1-2H3/t15-/m1/s1. The van der Waals surface area contributed by atoms with E-state index in [9.17, 15) is 4.79 Å².